The van der Waals surface area contributed by atoms with Gasteiger partial charge in [0.1, 0.15) is 16.6 Å². The lowest BCUT2D eigenvalue weighted by Gasteiger charge is -2.32. The Morgan fingerprint density at radius 1 is 1.42 bits per heavy atom. The summed E-state index contributed by atoms with van der Waals surface area (Å²) >= 11 is 1.25. The number of ketones is 1. The number of Topliss-reactive ketones (excluding diaryl/α,β-unsaturated/α-hetero) is 1. The molecular formula is C12H17N5OS. The third-order valence-electron chi connectivity index (χ3n) is 3.14. The monoisotopic (exact) mass is 279 g/mol. The lowest BCUT2D eigenvalue weighted by atomic mass is 10.2. The Kier molecular flexibility index (Phi) is 4.04. The number of carbonyl (C=O) groups is 1. The van der Waals surface area contributed by atoms with Crippen molar-refractivity contribution in [3.8, 4) is 6.07 Å². The maximum Gasteiger partial charge on any atom is 0.171 e. The van der Waals surface area contributed by atoms with Crippen LogP contribution in [-0.2, 0) is 0 Å². The van der Waals surface area contributed by atoms with Crippen LogP contribution in [0.15, 0.2) is 0 Å². The van der Waals surface area contributed by atoms with Crippen molar-refractivity contribution in [3.63, 3.8) is 0 Å². The van der Waals surface area contributed by atoms with Gasteiger partial charge in [-0.05, 0) is 7.05 Å². The maximum absolute atomic E-state index is 11.5. The summed E-state index contributed by atoms with van der Waals surface area (Å²) < 4.78 is 0. The zero-order valence-electron chi connectivity index (χ0n) is 11.1. The van der Waals surface area contributed by atoms with Crippen molar-refractivity contribution in [1.82, 2.24) is 9.91 Å². The minimum Gasteiger partial charge on any atom is -0.396 e. The molecule has 0 radical (unpaired) electrons. The average Bonchev–Trinajstić information content (AvgIpc) is 2.68. The fourth-order valence-electron chi connectivity index (χ4n) is 1.96. The van der Waals surface area contributed by atoms with Crippen LogP contribution in [0.2, 0.25) is 0 Å². The number of carbonyl (C=O) groups excluding carboxylic acids is 1. The molecule has 0 aliphatic carbocycles. The first-order valence-electron chi connectivity index (χ1n) is 6.06. The molecule has 2 rings (SSSR count). The number of nitrogens with zero attached hydrogens (tertiary/aromatic N) is 3. The van der Waals surface area contributed by atoms with Crippen molar-refractivity contribution < 1.29 is 4.79 Å². The highest BCUT2D eigenvalue weighted by Crippen LogP contribution is 2.35. The van der Waals surface area contributed by atoms with E-state index >= 15 is 0 Å². The highest BCUT2D eigenvalue weighted by atomic mass is 32.1. The Balaban J connectivity index is 2.18. The number of thiophene rings is 1. The van der Waals surface area contributed by atoms with Crippen molar-refractivity contribution in [2.45, 2.75) is 6.92 Å². The first-order chi connectivity index (χ1) is 9.02. The second kappa shape index (κ2) is 5.57. The van der Waals surface area contributed by atoms with Gasteiger partial charge in [0, 0.05) is 33.1 Å². The second-order valence-corrected chi connectivity index (χ2v) is 5.64. The number of hydrogen-bond acceptors (Lipinski definition) is 7. The largest absolute Gasteiger partial charge is 0.396 e. The molecule has 1 saturated heterocycles. The lowest BCUT2D eigenvalue weighted by Crippen LogP contribution is -2.46. The molecule has 2 heterocycles. The average molecular weight is 279 g/mol. The summed E-state index contributed by atoms with van der Waals surface area (Å²) in [7, 11) is 2.08. The quantitative estimate of drug-likeness (QED) is 0.802. The first-order valence-corrected chi connectivity index (χ1v) is 6.88. The van der Waals surface area contributed by atoms with E-state index in [1.54, 1.807) is 0 Å². The number of nitriles is 1. The highest BCUT2D eigenvalue weighted by Gasteiger charge is 2.21. The van der Waals surface area contributed by atoms with Gasteiger partial charge < -0.3 is 16.1 Å². The van der Waals surface area contributed by atoms with Crippen LogP contribution in [-0.4, -0.2) is 48.9 Å². The van der Waals surface area contributed by atoms with Gasteiger partial charge in [0.05, 0.1) is 10.6 Å². The molecule has 7 heteroatoms. The molecule has 1 fully saturated rings. The van der Waals surface area contributed by atoms with E-state index in [-0.39, 0.29) is 11.5 Å². The number of hydrazine groups is 1. The number of likely N-dealkylation sites (N-methyl/N-ethyl adjacent to an activating group) is 1. The number of nitrogens with two attached hydrogens (primary N) is 1. The molecule has 0 amide bonds. The molecule has 1 aliphatic heterocycles. The number of rotatable bonds is 3. The van der Waals surface area contributed by atoms with Crippen molar-refractivity contribution in [1.29, 1.82) is 5.26 Å². The van der Waals surface area contributed by atoms with E-state index in [1.165, 1.54) is 18.3 Å². The molecular weight excluding hydrogens is 262 g/mol. The summed E-state index contributed by atoms with van der Waals surface area (Å²) in [4.78, 5) is 14.2. The fraction of sp³-hybridized carbons (Fsp3) is 0.500. The van der Waals surface area contributed by atoms with Crippen molar-refractivity contribution in [2.75, 3.05) is 44.4 Å². The number of nitrogen functional groups attached to an aromatic ring is 1. The predicted octanol–water partition coefficient (Wildman–Crippen LogP) is 0.979. The Morgan fingerprint density at radius 3 is 2.58 bits per heavy atom. The van der Waals surface area contributed by atoms with Crippen molar-refractivity contribution in [3.05, 3.63) is 10.4 Å². The van der Waals surface area contributed by atoms with E-state index in [0.29, 0.717) is 15.4 Å². The molecule has 19 heavy (non-hydrogen) atoms. The van der Waals surface area contributed by atoms with E-state index in [9.17, 15) is 4.79 Å². The molecule has 3 N–H and O–H groups in total. The molecule has 0 bridgehead atoms. The SMILES string of the molecule is CC(=O)c1sc(NN2CCN(C)CC2)c(C#N)c1N. The zero-order chi connectivity index (χ0) is 14.0. The van der Waals surface area contributed by atoms with Crippen molar-refractivity contribution >= 4 is 27.8 Å². The summed E-state index contributed by atoms with van der Waals surface area (Å²) in [6.45, 7) is 5.14. The Hall–Kier alpha value is -1.62. The normalized spacial score (nSPS) is 17.1. The van der Waals surface area contributed by atoms with Crippen LogP contribution in [0.25, 0.3) is 0 Å². The molecule has 1 aromatic rings. The Labute approximate surface area is 116 Å². The van der Waals surface area contributed by atoms with E-state index in [2.05, 4.69) is 28.5 Å². The van der Waals surface area contributed by atoms with Gasteiger partial charge in [-0.1, -0.05) is 0 Å². The highest BCUT2D eigenvalue weighted by molar-refractivity contribution is 7.18. The van der Waals surface area contributed by atoms with Gasteiger partial charge >= 0.3 is 0 Å². The molecule has 0 saturated carbocycles. The molecule has 1 aromatic heterocycles. The van der Waals surface area contributed by atoms with E-state index < -0.39 is 0 Å². The maximum atomic E-state index is 11.5. The molecule has 1 aliphatic rings. The molecule has 0 spiro atoms. The van der Waals surface area contributed by atoms with Crippen molar-refractivity contribution in [2.24, 2.45) is 0 Å². The lowest BCUT2D eigenvalue weighted by molar-refractivity contribution is 0.102. The fourth-order valence-corrected chi connectivity index (χ4v) is 2.95. The minimum atomic E-state index is -0.106. The molecule has 6 nitrogen and oxygen atoms in total. The Morgan fingerprint density at radius 2 is 2.05 bits per heavy atom. The minimum absolute atomic E-state index is 0.106. The van der Waals surface area contributed by atoms with Gasteiger partial charge in [0.25, 0.3) is 0 Å². The number of anilines is 2. The van der Waals surface area contributed by atoms with Gasteiger partial charge in [0.15, 0.2) is 5.78 Å². The smallest absolute Gasteiger partial charge is 0.171 e. The number of nitrogens with one attached hydrogen (secondary N) is 1. The molecule has 0 atom stereocenters. The van der Waals surface area contributed by atoms with Gasteiger partial charge in [-0.3, -0.25) is 4.79 Å². The van der Waals surface area contributed by atoms with Crippen LogP contribution < -0.4 is 11.2 Å². The third kappa shape index (κ3) is 2.87. The van der Waals surface area contributed by atoms with Crippen LogP contribution in [0.4, 0.5) is 10.7 Å². The van der Waals surface area contributed by atoms with E-state index in [0.717, 1.165) is 26.2 Å². The molecule has 0 aromatic carbocycles. The van der Waals surface area contributed by atoms with Crippen LogP contribution in [0.5, 0.6) is 0 Å². The zero-order valence-corrected chi connectivity index (χ0v) is 11.9. The van der Waals surface area contributed by atoms with Crippen LogP contribution in [0.3, 0.4) is 0 Å². The number of piperazine rings is 1. The predicted molar refractivity (Wildman–Crippen MR) is 76.1 cm³/mol. The summed E-state index contributed by atoms with van der Waals surface area (Å²) in [6.07, 6.45) is 0. The molecule has 102 valence electrons. The van der Waals surface area contributed by atoms with Crippen LogP contribution >= 0.6 is 11.3 Å². The molecule has 0 unspecified atom stereocenters. The summed E-state index contributed by atoms with van der Waals surface area (Å²) in [6, 6.07) is 2.07. The van der Waals surface area contributed by atoms with E-state index in [4.69, 9.17) is 11.0 Å². The summed E-state index contributed by atoms with van der Waals surface area (Å²) in [5.41, 5.74) is 9.71. The summed E-state index contributed by atoms with van der Waals surface area (Å²) in [5, 5.41) is 11.9. The van der Waals surface area contributed by atoms with Crippen LogP contribution in [0.1, 0.15) is 22.2 Å². The van der Waals surface area contributed by atoms with Crippen LogP contribution in [0, 0.1) is 11.3 Å². The van der Waals surface area contributed by atoms with Gasteiger partial charge in [-0.15, -0.1) is 11.3 Å². The standard InChI is InChI=1S/C12H17N5OS/c1-8(18)11-10(14)9(7-13)12(19-11)15-17-5-3-16(2)4-6-17/h15H,3-6,14H2,1-2H3. The second-order valence-electron chi connectivity index (χ2n) is 4.62. The first kappa shape index (κ1) is 13.8. The topological polar surface area (TPSA) is 85.4 Å². The van der Waals surface area contributed by atoms with Gasteiger partial charge in [-0.2, -0.15) is 5.26 Å². The van der Waals surface area contributed by atoms with E-state index in [1.807, 2.05) is 0 Å². The number of hydrogen-bond donors (Lipinski definition) is 2. The van der Waals surface area contributed by atoms with Gasteiger partial charge in [0.2, 0.25) is 0 Å². The Bertz CT molecular complexity index is 525. The summed E-state index contributed by atoms with van der Waals surface area (Å²) in [5.74, 6) is -0.106. The van der Waals surface area contributed by atoms with Gasteiger partial charge in [-0.25, -0.2) is 5.01 Å². The third-order valence-corrected chi connectivity index (χ3v) is 4.35.